The fourth-order valence-electron chi connectivity index (χ4n) is 3.40. The van der Waals surface area contributed by atoms with Gasteiger partial charge in [-0.1, -0.05) is 30.3 Å². The first kappa shape index (κ1) is 16.9. The summed E-state index contributed by atoms with van der Waals surface area (Å²) in [5.41, 5.74) is 2.44. The van der Waals surface area contributed by atoms with Crippen molar-refractivity contribution < 1.29 is 19.2 Å². The molecule has 10 nitrogen and oxygen atoms in total. The molecule has 10 heteroatoms. The minimum atomic E-state index is -0.375. The smallest absolute Gasteiger partial charge is 0.303 e. The standard InChI is InChI=1S/C19H14N6O4/c26-19(20-12-6-2-1-3-7-12)13-8-4-5-9-14(13)23-21-17-15(24(23)27)10-11-16-18(17)22-29-25(16)28/h1-9H,10-11H2,(H,20,26). The number of amides is 1. The van der Waals surface area contributed by atoms with Crippen LogP contribution < -0.4 is 15.1 Å². The van der Waals surface area contributed by atoms with Crippen LogP contribution in [0, 0.1) is 10.4 Å². The molecule has 1 aliphatic carbocycles. The zero-order valence-corrected chi connectivity index (χ0v) is 15.0. The van der Waals surface area contributed by atoms with Crippen LogP contribution in [0.25, 0.3) is 17.1 Å². The number of nitrogens with one attached hydrogen (secondary N) is 1. The quantitative estimate of drug-likeness (QED) is 0.413. The Hall–Kier alpha value is -4.21. The van der Waals surface area contributed by atoms with Crippen molar-refractivity contribution >= 4 is 11.6 Å². The van der Waals surface area contributed by atoms with E-state index in [0.717, 1.165) is 4.80 Å². The molecule has 0 radical (unpaired) electrons. The van der Waals surface area contributed by atoms with Crippen molar-refractivity contribution in [1.29, 1.82) is 0 Å². The minimum Gasteiger partial charge on any atom is -0.692 e. The zero-order valence-electron chi connectivity index (χ0n) is 15.0. The van der Waals surface area contributed by atoms with E-state index in [1.165, 1.54) is 0 Å². The van der Waals surface area contributed by atoms with Crippen molar-refractivity contribution in [3.8, 4) is 17.1 Å². The van der Waals surface area contributed by atoms with Crippen LogP contribution in [0.3, 0.4) is 0 Å². The van der Waals surface area contributed by atoms with Crippen LogP contribution in [-0.4, -0.2) is 21.0 Å². The number of hydrogen-bond donors (Lipinski definition) is 1. The second kappa shape index (κ2) is 6.44. The van der Waals surface area contributed by atoms with Crippen LogP contribution in [0.4, 0.5) is 5.69 Å². The Kier molecular flexibility index (Phi) is 3.76. The molecule has 0 saturated heterocycles. The molecule has 0 bridgehead atoms. The van der Waals surface area contributed by atoms with Crippen molar-refractivity contribution in [3.63, 3.8) is 0 Å². The molecule has 0 spiro atoms. The third kappa shape index (κ3) is 2.69. The van der Waals surface area contributed by atoms with Gasteiger partial charge in [0.2, 0.25) is 5.69 Å². The van der Waals surface area contributed by atoms with Gasteiger partial charge < -0.3 is 15.7 Å². The molecule has 2 heterocycles. The largest absolute Gasteiger partial charge is 0.692 e. The highest BCUT2D eigenvalue weighted by molar-refractivity contribution is 6.06. The molecule has 0 fully saturated rings. The van der Waals surface area contributed by atoms with Crippen LogP contribution >= 0.6 is 0 Å². The van der Waals surface area contributed by atoms with Crippen molar-refractivity contribution in [2.75, 3.05) is 5.32 Å². The maximum absolute atomic E-state index is 12.9. The summed E-state index contributed by atoms with van der Waals surface area (Å²) in [5, 5.41) is 35.4. The molecule has 5 rings (SSSR count). The van der Waals surface area contributed by atoms with E-state index in [0.29, 0.717) is 45.4 Å². The fraction of sp³-hybridized carbons (Fsp3) is 0.105. The summed E-state index contributed by atoms with van der Waals surface area (Å²) in [7, 11) is 0. The van der Waals surface area contributed by atoms with Crippen molar-refractivity contribution in [2.24, 2.45) is 0 Å². The Bertz CT molecular complexity index is 1230. The minimum absolute atomic E-state index is 0.246. The first-order chi connectivity index (χ1) is 14.1. The lowest BCUT2D eigenvalue weighted by Crippen LogP contribution is -2.42. The van der Waals surface area contributed by atoms with E-state index in [-0.39, 0.29) is 22.9 Å². The van der Waals surface area contributed by atoms with E-state index in [4.69, 9.17) is 0 Å². The summed E-state index contributed by atoms with van der Waals surface area (Å²) in [6.07, 6.45) is 0.632. The molecule has 29 heavy (non-hydrogen) atoms. The van der Waals surface area contributed by atoms with E-state index in [1.807, 2.05) is 18.2 Å². The van der Waals surface area contributed by atoms with Crippen LogP contribution in [0.1, 0.15) is 21.7 Å². The van der Waals surface area contributed by atoms with Gasteiger partial charge in [-0.05, 0) is 34.0 Å². The second-order valence-electron chi connectivity index (χ2n) is 6.52. The van der Waals surface area contributed by atoms with Crippen LogP contribution in [0.15, 0.2) is 59.2 Å². The van der Waals surface area contributed by atoms with Crippen molar-refractivity contribution in [2.45, 2.75) is 12.8 Å². The monoisotopic (exact) mass is 390 g/mol. The Morgan fingerprint density at radius 3 is 2.55 bits per heavy atom. The molecule has 0 unspecified atom stereocenters. The lowest BCUT2D eigenvalue weighted by Gasteiger charge is -2.11. The summed E-state index contributed by atoms with van der Waals surface area (Å²) in [5.74, 6) is -0.375. The predicted octanol–water partition coefficient (Wildman–Crippen LogP) is 1.14. The van der Waals surface area contributed by atoms with Gasteiger partial charge in [0.05, 0.1) is 15.8 Å². The van der Waals surface area contributed by atoms with Crippen molar-refractivity contribution in [1.82, 2.24) is 15.1 Å². The Morgan fingerprint density at radius 2 is 1.72 bits per heavy atom. The van der Waals surface area contributed by atoms with Gasteiger partial charge >= 0.3 is 11.4 Å². The average Bonchev–Trinajstić information content (AvgIpc) is 3.29. The van der Waals surface area contributed by atoms with Crippen LogP contribution in [0.5, 0.6) is 0 Å². The van der Waals surface area contributed by atoms with E-state index < -0.39 is 0 Å². The first-order valence-corrected chi connectivity index (χ1v) is 8.90. The number of aromatic nitrogens is 5. The van der Waals surface area contributed by atoms with Gasteiger partial charge in [0.1, 0.15) is 5.69 Å². The van der Waals surface area contributed by atoms with Gasteiger partial charge in [0, 0.05) is 18.5 Å². The Labute approximate surface area is 163 Å². The van der Waals surface area contributed by atoms with E-state index >= 15 is 0 Å². The predicted molar refractivity (Wildman–Crippen MR) is 98.8 cm³/mol. The third-order valence-electron chi connectivity index (χ3n) is 4.79. The molecule has 1 amide bonds. The van der Waals surface area contributed by atoms with E-state index in [9.17, 15) is 15.2 Å². The lowest BCUT2D eigenvalue weighted by atomic mass is 10.0. The van der Waals surface area contributed by atoms with Gasteiger partial charge in [-0.2, -0.15) is 0 Å². The number of nitrogens with zero attached hydrogens (tertiary/aromatic N) is 5. The lowest BCUT2D eigenvalue weighted by molar-refractivity contribution is -0.808. The molecule has 1 N–H and O–H groups in total. The SMILES string of the molecule is O=C(Nc1ccccc1)c1ccccc1-n1nc2c([n+]1[O-])CCc1c-2no[n+]1[O-]. The van der Waals surface area contributed by atoms with Gasteiger partial charge in [0.15, 0.2) is 5.69 Å². The number of benzene rings is 2. The highest BCUT2D eigenvalue weighted by Crippen LogP contribution is 2.27. The van der Waals surface area contributed by atoms with Gasteiger partial charge in [-0.15, -0.1) is 4.85 Å². The summed E-state index contributed by atoms with van der Waals surface area (Å²) >= 11 is 0. The molecule has 144 valence electrons. The van der Waals surface area contributed by atoms with E-state index in [2.05, 4.69) is 20.2 Å². The van der Waals surface area contributed by atoms with Crippen molar-refractivity contribution in [3.05, 3.63) is 82.0 Å². The van der Waals surface area contributed by atoms with E-state index in [1.54, 1.807) is 36.4 Å². The highest BCUT2D eigenvalue weighted by Gasteiger charge is 2.39. The van der Waals surface area contributed by atoms with Gasteiger partial charge in [-0.3, -0.25) is 9.42 Å². The summed E-state index contributed by atoms with van der Waals surface area (Å²) in [6.45, 7) is 0. The van der Waals surface area contributed by atoms with Crippen LogP contribution in [0.2, 0.25) is 0 Å². The molecule has 2 aromatic carbocycles. The summed E-state index contributed by atoms with van der Waals surface area (Å²) in [4.78, 5) is 14.9. The second-order valence-corrected chi connectivity index (χ2v) is 6.52. The first-order valence-electron chi connectivity index (χ1n) is 8.90. The number of carbonyl (C=O) groups is 1. The Balaban J connectivity index is 1.58. The highest BCUT2D eigenvalue weighted by atomic mass is 16.8. The molecule has 0 atom stereocenters. The molecular formula is C19H14N6O4. The topological polar surface area (TPSA) is 127 Å². The normalized spacial score (nSPS) is 12.3. The molecular weight excluding hydrogens is 376 g/mol. The summed E-state index contributed by atoms with van der Waals surface area (Å²) in [6, 6.07) is 15.7. The molecule has 4 aromatic rings. The molecule has 1 aliphatic rings. The van der Waals surface area contributed by atoms with Gasteiger partial charge in [0.25, 0.3) is 5.91 Å². The number of para-hydroxylation sites is 2. The Morgan fingerprint density at radius 1 is 1.00 bits per heavy atom. The summed E-state index contributed by atoms with van der Waals surface area (Å²) < 4.78 is 4.64. The van der Waals surface area contributed by atoms with Gasteiger partial charge in [-0.25, -0.2) is 0 Å². The molecule has 0 saturated carbocycles. The maximum Gasteiger partial charge on any atom is 0.303 e. The average molecular weight is 390 g/mol. The molecule has 0 aliphatic heterocycles. The number of carbonyl (C=O) groups excluding carboxylic acids is 1. The number of fused-ring (bicyclic) bond motifs is 3. The molecule has 2 aromatic heterocycles. The number of rotatable bonds is 3. The fourth-order valence-corrected chi connectivity index (χ4v) is 3.40. The van der Waals surface area contributed by atoms with Crippen LogP contribution in [-0.2, 0) is 12.8 Å². The zero-order chi connectivity index (χ0) is 20.0. The maximum atomic E-state index is 12.9. The number of anilines is 1. The third-order valence-corrected chi connectivity index (χ3v) is 4.79. The number of hydrogen-bond acceptors (Lipinski definition) is 6.